The van der Waals surface area contributed by atoms with Crippen LogP contribution in [0.2, 0.25) is 5.02 Å². The minimum Gasteiger partial charge on any atom is -0.478 e. The van der Waals surface area contributed by atoms with E-state index < -0.39 is 11.8 Å². The van der Waals surface area contributed by atoms with Gasteiger partial charge in [0.15, 0.2) is 0 Å². The molecule has 0 radical (unpaired) electrons. The maximum atomic E-state index is 14.3. The highest BCUT2D eigenvalue weighted by molar-refractivity contribution is 6.31. The van der Waals surface area contributed by atoms with Crippen LogP contribution in [0.25, 0.3) is 33.3 Å². The minimum absolute atomic E-state index is 0.0570. The van der Waals surface area contributed by atoms with E-state index >= 15 is 0 Å². The first-order valence-electron chi connectivity index (χ1n) is 9.87. The molecule has 31 heavy (non-hydrogen) atoms. The van der Waals surface area contributed by atoms with Crippen LogP contribution in [0.1, 0.15) is 27.9 Å². The number of aromatic nitrogens is 1. The summed E-state index contributed by atoms with van der Waals surface area (Å²) in [5.74, 6) is -2.11. The van der Waals surface area contributed by atoms with Gasteiger partial charge in [-0.1, -0.05) is 48.0 Å². The average Bonchev–Trinajstić information content (AvgIpc) is 2.92. The van der Waals surface area contributed by atoms with Crippen molar-refractivity contribution < 1.29 is 18.7 Å². The van der Waals surface area contributed by atoms with E-state index in [2.05, 4.69) is 0 Å². The molecule has 6 heteroatoms. The fourth-order valence-electron chi connectivity index (χ4n) is 4.36. The quantitative estimate of drug-likeness (QED) is 0.381. The van der Waals surface area contributed by atoms with Crippen molar-refractivity contribution in [3.63, 3.8) is 0 Å². The van der Waals surface area contributed by atoms with E-state index in [0.29, 0.717) is 41.6 Å². The molecule has 0 fully saturated rings. The predicted octanol–water partition coefficient (Wildman–Crippen LogP) is 6.69. The highest BCUT2D eigenvalue weighted by Gasteiger charge is 2.25. The van der Waals surface area contributed by atoms with Crippen molar-refractivity contribution in [2.24, 2.45) is 0 Å². The molecule has 154 valence electrons. The third-order valence-electron chi connectivity index (χ3n) is 5.76. The number of hydrogen-bond acceptors (Lipinski definition) is 2. The van der Waals surface area contributed by atoms with Gasteiger partial charge in [-0.15, -0.1) is 0 Å². The standard InChI is InChI=1S/C25H16ClF2NO2/c26-19-12-22-18(11-21(19)28)23(25(30)31)17-6-3-4-13-10-14(8-9-16(13)24(17)29-22)15-5-1-2-7-20(15)27/h1-2,5,7-12H,3-4,6H2,(H,30,31). The number of aromatic carboxylic acids is 1. The molecule has 1 aliphatic rings. The molecule has 0 bridgehead atoms. The minimum atomic E-state index is -1.13. The summed E-state index contributed by atoms with van der Waals surface area (Å²) in [6, 6.07) is 14.7. The van der Waals surface area contributed by atoms with Gasteiger partial charge in [-0.2, -0.15) is 0 Å². The van der Waals surface area contributed by atoms with Gasteiger partial charge >= 0.3 is 5.97 Å². The van der Waals surface area contributed by atoms with E-state index in [1.807, 2.05) is 18.2 Å². The molecule has 0 unspecified atom stereocenters. The molecule has 1 N–H and O–H groups in total. The summed E-state index contributed by atoms with van der Waals surface area (Å²) in [6.07, 6.45) is 1.89. The van der Waals surface area contributed by atoms with Gasteiger partial charge in [-0.05, 0) is 54.2 Å². The van der Waals surface area contributed by atoms with Crippen LogP contribution in [-0.2, 0) is 12.8 Å². The van der Waals surface area contributed by atoms with Crippen LogP contribution in [0.3, 0.4) is 0 Å². The molecule has 0 spiro atoms. The first kappa shape index (κ1) is 19.6. The van der Waals surface area contributed by atoms with Gasteiger partial charge in [0.2, 0.25) is 0 Å². The van der Waals surface area contributed by atoms with Crippen LogP contribution in [0, 0.1) is 11.6 Å². The second kappa shape index (κ2) is 7.43. The number of carboxylic acids is 1. The molecule has 0 amide bonds. The van der Waals surface area contributed by atoms with Crippen molar-refractivity contribution in [3.8, 4) is 22.4 Å². The Kier molecular flexibility index (Phi) is 4.71. The van der Waals surface area contributed by atoms with E-state index in [1.165, 1.54) is 12.1 Å². The lowest BCUT2D eigenvalue weighted by Gasteiger charge is -2.15. The van der Waals surface area contributed by atoms with Crippen LogP contribution >= 0.6 is 11.6 Å². The summed E-state index contributed by atoms with van der Waals surface area (Å²) in [6.45, 7) is 0. The summed E-state index contributed by atoms with van der Waals surface area (Å²) in [5, 5.41) is 10.1. The number of pyridine rings is 1. The Bertz CT molecular complexity index is 1380. The monoisotopic (exact) mass is 435 g/mol. The Morgan fingerprint density at radius 1 is 0.968 bits per heavy atom. The predicted molar refractivity (Wildman–Crippen MR) is 117 cm³/mol. The lowest BCUT2D eigenvalue weighted by atomic mass is 9.93. The number of halogens is 3. The third-order valence-corrected chi connectivity index (χ3v) is 6.05. The van der Waals surface area contributed by atoms with Gasteiger partial charge < -0.3 is 5.11 Å². The highest BCUT2D eigenvalue weighted by atomic mass is 35.5. The SMILES string of the molecule is O=C(O)c1c2c(nc3cc(Cl)c(F)cc13)-c1ccc(-c3ccccc3F)cc1CCC2. The number of benzene rings is 3. The Balaban J connectivity index is 1.78. The van der Waals surface area contributed by atoms with Gasteiger partial charge in [-0.3, -0.25) is 0 Å². The molecule has 0 atom stereocenters. The zero-order valence-corrected chi connectivity index (χ0v) is 17.0. The first-order valence-corrected chi connectivity index (χ1v) is 10.2. The van der Waals surface area contributed by atoms with Crippen molar-refractivity contribution in [1.82, 2.24) is 4.98 Å². The van der Waals surface area contributed by atoms with Crippen LogP contribution in [-0.4, -0.2) is 16.1 Å². The molecular formula is C25H16ClF2NO2. The summed E-state index contributed by atoms with van der Waals surface area (Å²) in [4.78, 5) is 16.9. The van der Waals surface area contributed by atoms with Crippen LogP contribution in [0.4, 0.5) is 8.78 Å². The van der Waals surface area contributed by atoms with E-state index in [0.717, 1.165) is 22.8 Å². The number of carbonyl (C=O) groups is 1. The molecule has 0 saturated heterocycles. The molecule has 5 rings (SSSR count). The van der Waals surface area contributed by atoms with Crippen LogP contribution < -0.4 is 0 Å². The number of nitrogens with zero attached hydrogens (tertiary/aromatic N) is 1. The highest BCUT2D eigenvalue weighted by Crippen LogP contribution is 2.39. The van der Waals surface area contributed by atoms with Crippen molar-refractivity contribution in [3.05, 3.63) is 87.9 Å². The van der Waals surface area contributed by atoms with E-state index in [-0.39, 0.29) is 21.8 Å². The Hall–Kier alpha value is -3.31. The van der Waals surface area contributed by atoms with Gasteiger partial charge in [0.05, 0.1) is 21.8 Å². The molecule has 1 heterocycles. The topological polar surface area (TPSA) is 50.2 Å². The van der Waals surface area contributed by atoms with Gasteiger partial charge in [-0.25, -0.2) is 18.6 Å². The van der Waals surface area contributed by atoms with E-state index in [9.17, 15) is 18.7 Å². The van der Waals surface area contributed by atoms with Crippen molar-refractivity contribution in [1.29, 1.82) is 0 Å². The number of aryl methyl sites for hydroxylation is 1. The molecule has 3 aromatic carbocycles. The second-order valence-electron chi connectivity index (χ2n) is 7.61. The molecule has 1 aliphatic carbocycles. The van der Waals surface area contributed by atoms with Crippen LogP contribution in [0.15, 0.2) is 54.6 Å². The second-order valence-corrected chi connectivity index (χ2v) is 8.02. The normalized spacial score (nSPS) is 12.9. The molecule has 0 aliphatic heterocycles. The lowest BCUT2D eigenvalue weighted by Crippen LogP contribution is -2.07. The van der Waals surface area contributed by atoms with Crippen molar-refractivity contribution >= 4 is 28.5 Å². The largest absolute Gasteiger partial charge is 0.478 e. The number of fused-ring (bicyclic) bond motifs is 4. The zero-order valence-electron chi connectivity index (χ0n) is 16.3. The fourth-order valence-corrected chi connectivity index (χ4v) is 4.52. The number of rotatable bonds is 2. The maximum absolute atomic E-state index is 14.3. The zero-order chi connectivity index (χ0) is 21.7. The van der Waals surface area contributed by atoms with E-state index in [1.54, 1.807) is 18.2 Å². The molecule has 3 nitrogen and oxygen atoms in total. The Morgan fingerprint density at radius 2 is 1.77 bits per heavy atom. The molecule has 1 aromatic heterocycles. The maximum Gasteiger partial charge on any atom is 0.336 e. The summed E-state index contributed by atoms with van der Waals surface area (Å²) < 4.78 is 28.4. The van der Waals surface area contributed by atoms with Crippen molar-refractivity contribution in [2.45, 2.75) is 19.3 Å². The lowest BCUT2D eigenvalue weighted by molar-refractivity contribution is 0.0698. The summed E-state index contributed by atoms with van der Waals surface area (Å²) >= 11 is 5.94. The summed E-state index contributed by atoms with van der Waals surface area (Å²) in [7, 11) is 0. The molecule has 0 saturated carbocycles. The number of carboxylic acid groups (broad SMARTS) is 1. The Morgan fingerprint density at radius 3 is 2.55 bits per heavy atom. The van der Waals surface area contributed by atoms with E-state index in [4.69, 9.17) is 16.6 Å². The molecule has 4 aromatic rings. The average molecular weight is 436 g/mol. The van der Waals surface area contributed by atoms with Gasteiger partial charge in [0.1, 0.15) is 11.6 Å². The fraction of sp³-hybridized carbons (Fsp3) is 0.120. The first-order chi connectivity index (χ1) is 14.9. The number of hydrogen-bond donors (Lipinski definition) is 1. The third kappa shape index (κ3) is 3.26. The Labute approximate surface area is 181 Å². The molecular weight excluding hydrogens is 420 g/mol. The van der Waals surface area contributed by atoms with Gasteiger partial charge in [0, 0.05) is 16.5 Å². The summed E-state index contributed by atoms with van der Waals surface area (Å²) in [5.41, 5.74) is 4.56. The van der Waals surface area contributed by atoms with Gasteiger partial charge in [0.25, 0.3) is 0 Å². The smallest absolute Gasteiger partial charge is 0.336 e. The van der Waals surface area contributed by atoms with Crippen LogP contribution in [0.5, 0.6) is 0 Å². The van der Waals surface area contributed by atoms with Crippen molar-refractivity contribution in [2.75, 3.05) is 0 Å².